The number of nitrogens with one attached hydrogen (secondary N) is 2. The van der Waals surface area contributed by atoms with Gasteiger partial charge in [0.25, 0.3) is 0 Å². The smallest absolute Gasteiger partial charge is 0.191 e. The maximum atomic E-state index is 10.7. The van der Waals surface area contributed by atoms with Gasteiger partial charge in [-0.1, -0.05) is 30.3 Å². The minimum Gasteiger partial charge on any atom is -0.383 e. The van der Waals surface area contributed by atoms with Gasteiger partial charge in [-0.3, -0.25) is 0 Å². The van der Waals surface area contributed by atoms with E-state index in [0.717, 1.165) is 48.6 Å². The van der Waals surface area contributed by atoms with E-state index in [4.69, 9.17) is 9.47 Å². The Labute approximate surface area is 206 Å². The van der Waals surface area contributed by atoms with E-state index in [1.54, 1.807) is 11.3 Å². The molecule has 172 valence electrons. The molecular formula is C23H34IN3O3S. The van der Waals surface area contributed by atoms with Gasteiger partial charge >= 0.3 is 0 Å². The zero-order valence-corrected chi connectivity index (χ0v) is 21.4. The molecule has 1 unspecified atom stereocenters. The number of rotatable bonds is 9. The van der Waals surface area contributed by atoms with Crippen molar-refractivity contribution in [2.75, 3.05) is 26.3 Å². The van der Waals surface area contributed by atoms with E-state index in [1.165, 1.54) is 0 Å². The van der Waals surface area contributed by atoms with Crippen LogP contribution in [0.2, 0.25) is 0 Å². The topological polar surface area (TPSA) is 75.1 Å². The standard InChI is InChI=1S/C23H33N3O3S.HI/c1-3-24-22(26-17-23(2,27)21-8-5-13-30-21)25-15-18-6-4-7-19(14-18)16-29-20-9-11-28-12-10-20;/h4-8,13-14,20,27H,3,9-12,15-17H2,1-2H3,(H2,24,25,26);1H. The molecule has 1 aromatic heterocycles. The maximum absolute atomic E-state index is 10.7. The van der Waals surface area contributed by atoms with Crippen molar-refractivity contribution < 1.29 is 14.6 Å². The predicted octanol–water partition coefficient (Wildman–Crippen LogP) is 4.02. The Kier molecular flexibility index (Phi) is 11.2. The summed E-state index contributed by atoms with van der Waals surface area (Å²) in [5, 5.41) is 19.2. The van der Waals surface area contributed by atoms with E-state index in [-0.39, 0.29) is 24.0 Å². The summed E-state index contributed by atoms with van der Waals surface area (Å²) >= 11 is 1.55. The first-order valence-corrected chi connectivity index (χ1v) is 11.5. The molecule has 0 bridgehead atoms. The van der Waals surface area contributed by atoms with Crippen LogP contribution in [0, 0.1) is 0 Å². The molecule has 1 aromatic carbocycles. The van der Waals surface area contributed by atoms with Crippen LogP contribution in [0.3, 0.4) is 0 Å². The van der Waals surface area contributed by atoms with Crippen LogP contribution in [0.5, 0.6) is 0 Å². The number of ether oxygens (including phenoxy) is 2. The lowest BCUT2D eigenvalue weighted by molar-refractivity contribution is -0.0390. The number of guanidine groups is 1. The zero-order chi connectivity index (χ0) is 21.2. The van der Waals surface area contributed by atoms with Gasteiger partial charge in [0, 0.05) is 24.6 Å². The number of halogens is 1. The molecule has 2 aromatic rings. The van der Waals surface area contributed by atoms with Crippen LogP contribution in [-0.4, -0.2) is 43.5 Å². The number of thiophene rings is 1. The molecule has 6 nitrogen and oxygen atoms in total. The molecular weight excluding hydrogens is 525 g/mol. The Morgan fingerprint density at radius 3 is 2.71 bits per heavy atom. The fourth-order valence-corrected chi connectivity index (χ4v) is 4.10. The molecule has 3 rings (SSSR count). The fraction of sp³-hybridized carbons (Fsp3) is 0.522. The molecule has 1 fully saturated rings. The summed E-state index contributed by atoms with van der Waals surface area (Å²) in [5.41, 5.74) is 1.35. The van der Waals surface area contributed by atoms with E-state index in [1.807, 2.05) is 31.4 Å². The largest absolute Gasteiger partial charge is 0.383 e. The van der Waals surface area contributed by atoms with Gasteiger partial charge in [0.1, 0.15) is 5.60 Å². The Bertz CT molecular complexity index is 793. The first-order valence-electron chi connectivity index (χ1n) is 10.6. The van der Waals surface area contributed by atoms with Crippen molar-refractivity contribution in [1.82, 2.24) is 10.6 Å². The summed E-state index contributed by atoms with van der Waals surface area (Å²) in [6, 6.07) is 12.3. The first-order chi connectivity index (χ1) is 14.6. The first kappa shape index (κ1) is 26.1. The summed E-state index contributed by atoms with van der Waals surface area (Å²) in [4.78, 5) is 5.62. The van der Waals surface area contributed by atoms with Crippen molar-refractivity contribution in [3.63, 3.8) is 0 Å². The van der Waals surface area contributed by atoms with E-state index < -0.39 is 5.60 Å². The second kappa shape index (κ2) is 13.4. The Balaban J connectivity index is 0.00000341. The van der Waals surface area contributed by atoms with Gasteiger partial charge in [-0.2, -0.15) is 0 Å². The van der Waals surface area contributed by atoms with Crippen molar-refractivity contribution in [3.8, 4) is 0 Å². The number of aliphatic imine (C=N–C) groups is 1. The van der Waals surface area contributed by atoms with Gasteiger partial charge < -0.3 is 25.2 Å². The van der Waals surface area contributed by atoms with Gasteiger partial charge in [-0.15, -0.1) is 35.3 Å². The maximum Gasteiger partial charge on any atom is 0.191 e. The van der Waals surface area contributed by atoms with Crippen LogP contribution in [0.1, 0.15) is 42.7 Å². The Morgan fingerprint density at radius 2 is 2.00 bits per heavy atom. The fourth-order valence-electron chi connectivity index (χ4n) is 3.31. The average Bonchev–Trinajstić information content (AvgIpc) is 3.31. The van der Waals surface area contributed by atoms with Crippen LogP contribution in [-0.2, 0) is 28.2 Å². The van der Waals surface area contributed by atoms with Gasteiger partial charge in [-0.05, 0) is 49.3 Å². The molecule has 1 atom stereocenters. The number of nitrogens with zero attached hydrogens (tertiary/aromatic N) is 1. The summed E-state index contributed by atoms with van der Waals surface area (Å²) in [6.45, 7) is 7.74. The van der Waals surface area contributed by atoms with E-state index in [9.17, 15) is 5.11 Å². The minimum absolute atomic E-state index is 0. The van der Waals surface area contributed by atoms with Crippen LogP contribution < -0.4 is 10.6 Å². The van der Waals surface area contributed by atoms with Gasteiger partial charge in [0.2, 0.25) is 0 Å². The quantitative estimate of drug-likeness (QED) is 0.246. The molecule has 31 heavy (non-hydrogen) atoms. The third kappa shape index (κ3) is 8.69. The van der Waals surface area contributed by atoms with Crippen LogP contribution in [0.4, 0.5) is 0 Å². The monoisotopic (exact) mass is 559 g/mol. The second-order valence-corrected chi connectivity index (χ2v) is 8.69. The van der Waals surface area contributed by atoms with Crippen molar-refractivity contribution in [2.24, 2.45) is 4.99 Å². The van der Waals surface area contributed by atoms with Crippen LogP contribution in [0.25, 0.3) is 0 Å². The molecule has 0 saturated carbocycles. The number of aliphatic hydroxyl groups is 1. The van der Waals surface area contributed by atoms with E-state index in [0.29, 0.717) is 31.8 Å². The summed E-state index contributed by atoms with van der Waals surface area (Å²) in [6.07, 6.45) is 2.23. The van der Waals surface area contributed by atoms with Crippen molar-refractivity contribution in [2.45, 2.75) is 51.5 Å². The number of hydrogen-bond donors (Lipinski definition) is 3. The van der Waals surface area contributed by atoms with Crippen LogP contribution in [0.15, 0.2) is 46.8 Å². The van der Waals surface area contributed by atoms with Crippen molar-refractivity contribution in [3.05, 3.63) is 57.8 Å². The minimum atomic E-state index is -0.939. The highest BCUT2D eigenvalue weighted by Crippen LogP contribution is 2.24. The highest BCUT2D eigenvalue weighted by atomic mass is 127. The molecule has 2 heterocycles. The van der Waals surface area contributed by atoms with E-state index in [2.05, 4.69) is 39.9 Å². The normalized spacial score (nSPS) is 16.9. The Hall–Kier alpha value is -1.20. The molecule has 1 saturated heterocycles. The molecule has 1 aliphatic rings. The third-order valence-electron chi connectivity index (χ3n) is 5.06. The summed E-state index contributed by atoms with van der Waals surface area (Å²) in [7, 11) is 0. The van der Waals surface area contributed by atoms with Crippen LogP contribution >= 0.6 is 35.3 Å². The molecule has 8 heteroatoms. The van der Waals surface area contributed by atoms with Gasteiger partial charge in [0.15, 0.2) is 5.96 Å². The number of benzene rings is 1. The summed E-state index contributed by atoms with van der Waals surface area (Å²) < 4.78 is 11.4. The zero-order valence-electron chi connectivity index (χ0n) is 18.3. The predicted molar refractivity (Wildman–Crippen MR) is 137 cm³/mol. The van der Waals surface area contributed by atoms with Gasteiger partial charge in [0.05, 0.1) is 25.8 Å². The van der Waals surface area contributed by atoms with E-state index >= 15 is 0 Å². The van der Waals surface area contributed by atoms with Crippen molar-refractivity contribution in [1.29, 1.82) is 0 Å². The SMILES string of the molecule is CCNC(=NCc1cccc(COC2CCOCC2)c1)NCC(C)(O)c1cccs1.I. The highest BCUT2D eigenvalue weighted by Gasteiger charge is 2.24. The molecule has 0 aliphatic carbocycles. The second-order valence-electron chi connectivity index (χ2n) is 7.74. The lowest BCUT2D eigenvalue weighted by Gasteiger charge is -2.23. The van der Waals surface area contributed by atoms with Crippen molar-refractivity contribution >= 4 is 41.3 Å². The number of hydrogen-bond acceptors (Lipinski definition) is 5. The lowest BCUT2D eigenvalue weighted by atomic mass is 10.1. The lowest BCUT2D eigenvalue weighted by Crippen LogP contribution is -2.44. The molecule has 0 amide bonds. The molecule has 1 aliphatic heterocycles. The average molecular weight is 560 g/mol. The summed E-state index contributed by atoms with van der Waals surface area (Å²) in [5.74, 6) is 0.693. The third-order valence-corrected chi connectivity index (χ3v) is 6.18. The Morgan fingerprint density at radius 1 is 1.23 bits per heavy atom. The molecule has 0 radical (unpaired) electrons. The molecule has 0 spiro atoms. The highest BCUT2D eigenvalue weighted by molar-refractivity contribution is 14.0. The van der Waals surface area contributed by atoms with Gasteiger partial charge in [-0.25, -0.2) is 4.99 Å². The molecule has 3 N–H and O–H groups in total.